The van der Waals surface area contributed by atoms with E-state index in [1.165, 1.54) is 13.8 Å². The smallest absolute Gasteiger partial charge is 0.407 e. The maximum Gasteiger partial charge on any atom is 0.407 e. The lowest BCUT2D eigenvalue weighted by Crippen LogP contribution is -2.55. The Kier molecular flexibility index (Phi) is 16.6. The molecule has 5 amide bonds. The third-order valence-electron chi connectivity index (χ3n) is 6.21. The van der Waals surface area contributed by atoms with Gasteiger partial charge >= 0.3 is 17.8 Å². The Hall–Kier alpha value is -5.63. The number of aromatic amines is 1. The van der Waals surface area contributed by atoms with Gasteiger partial charge in [-0.15, -0.1) is 0 Å². The van der Waals surface area contributed by atoms with Crippen LogP contribution in [0.4, 0.5) is 9.18 Å². The summed E-state index contributed by atoms with van der Waals surface area (Å²) in [6.45, 7) is 1.01. The van der Waals surface area contributed by atoms with Crippen LogP contribution in [0.15, 0.2) is 46.1 Å². The van der Waals surface area contributed by atoms with Crippen molar-refractivity contribution in [2.75, 3.05) is 46.1 Å². The maximum atomic E-state index is 13.8. The second-order valence-corrected chi connectivity index (χ2v) is 9.95. The number of nitrogens with one attached hydrogen (secondary N) is 6. The topological polar surface area (TPSA) is 265 Å². The number of carbonyl (C=O) groups excluding carboxylic acids is 6. The lowest BCUT2D eigenvalue weighted by molar-refractivity contribution is -0.150. The fourth-order valence-electron chi connectivity index (χ4n) is 3.89. The molecule has 0 bridgehead atoms. The Morgan fingerprint density at radius 1 is 0.898 bits per heavy atom. The van der Waals surface area contributed by atoms with Crippen molar-refractivity contribution in [3.8, 4) is 0 Å². The minimum Gasteiger partial charge on any atom is -0.463 e. The van der Waals surface area contributed by atoms with Gasteiger partial charge in [-0.05, 0) is 19.4 Å². The number of ether oxygens (including phenoxy) is 3. The standard InChI is InChI=1S/C29H38FN7O12/c1-3-48-27(44)23(37-16-19(30)25(42)36-28(37)45)35-22(40)14-31-24(41)17(2)33-26(43)20(13-18-7-5-4-6-8-18)34-21(39)15-32-29(46)49-12-11-47-10-9-38/h4-8,16-17,20,23,38H,3,9-15H2,1-2H3,(H,31,41)(H,32,46)(H,33,43)(H,34,39)(H,35,40)(H,36,42,45)/t17-,20-,23?/m0/s1. The second-order valence-electron chi connectivity index (χ2n) is 9.95. The lowest BCUT2D eigenvalue weighted by atomic mass is 10.0. The van der Waals surface area contributed by atoms with Crippen LogP contribution in [0.3, 0.4) is 0 Å². The zero-order chi connectivity index (χ0) is 36.3. The fourth-order valence-corrected chi connectivity index (χ4v) is 3.89. The zero-order valence-electron chi connectivity index (χ0n) is 26.6. The monoisotopic (exact) mass is 695 g/mol. The summed E-state index contributed by atoms with van der Waals surface area (Å²) in [6.07, 6.45) is -2.41. The van der Waals surface area contributed by atoms with Crippen molar-refractivity contribution in [2.45, 2.75) is 38.5 Å². The van der Waals surface area contributed by atoms with Gasteiger partial charge < -0.3 is 45.9 Å². The predicted octanol–water partition coefficient (Wildman–Crippen LogP) is -3.06. The first-order valence-electron chi connectivity index (χ1n) is 14.8. The highest BCUT2D eigenvalue weighted by molar-refractivity contribution is 5.94. The van der Waals surface area contributed by atoms with Gasteiger partial charge in [0.1, 0.15) is 25.2 Å². The van der Waals surface area contributed by atoms with Gasteiger partial charge in [0.25, 0.3) is 5.56 Å². The normalized spacial score (nSPS) is 12.4. The summed E-state index contributed by atoms with van der Waals surface area (Å²) in [5, 5.41) is 20.1. The average molecular weight is 696 g/mol. The van der Waals surface area contributed by atoms with Crippen LogP contribution in [0.5, 0.6) is 0 Å². The van der Waals surface area contributed by atoms with E-state index in [1.54, 1.807) is 35.3 Å². The SMILES string of the molecule is CCOC(=O)C(NC(=O)CNC(=O)[C@H](C)NC(=O)[C@H](Cc1ccccc1)NC(=O)CNC(=O)OCCOCCO)n1cc(F)c(=O)[nH]c1=O. The maximum absolute atomic E-state index is 13.8. The predicted molar refractivity (Wildman–Crippen MR) is 165 cm³/mol. The number of hydrogen-bond acceptors (Lipinski definition) is 12. The number of esters is 1. The molecule has 1 aromatic carbocycles. The Bertz CT molecular complexity index is 1570. The summed E-state index contributed by atoms with van der Waals surface area (Å²) in [4.78, 5) is 100. The molecule has 0 saturated heterocycles. The molecule has 2 rings (SSSR count). The Balaban J connectivity index is 1.99. The first-order chi connectivity index (χ1) is 23.4. The number of rotatable bonds is 19. The lowest BCUT2D eigenvalue weighted by Gasteiger charge is -2.22. The summed E-state index contributed by atoms with van der Waals surface area (Å²) >= 11 is 0. The molecular weight excluding hydrogens is 657 g/mol. The molecule has 1 aromatic heterocycles. The first-order valence-corrected chi connectivity index (χ1v) is 14.8. The van der Waals surface area contributed by atoms with E-state index in [-0.39, 0.29) is 39.5 Å². The number of benzene rings is 1. The van der Waals surface area contributed by atoms with E-state index >= 15 is 0 Å². The summed E-state index contributed by atoms with van der Waals surface area (Å²) < 4.78 is 28.8. The van der Waals surface area contributed by atoms with Crippen molar-refractivity contribution in [2.24, 2.45) is 0 Å². The van der Waals surface area contributed by atoms with Gasteiger partial charge in [0, 0.05) is 6.42 Å². The van der Waals surface area contributed by atoms with Crippen molar-refractivity contribution in [1.29, 1.82) is 0 Å². The van der Waals surface area contributed by atoms with E-state index < -0.39 is 84.1 Å². The molecule has 0 aliphatic carbocycles. The molecule has 0 fully saturated rings. The van der Waals surface area contributed by atoms with Crippen molar-refractivity contribution >= 4 is 35.7 Å². The highest BCUT2D eigenvalue weighted by Gasteiger charge is 2.28. The molecule has 1 heterocycles. The van der Waals surface area contributed by atoms with Crippen LogP contribution in [-0.4, -0.2) is 109 Å². The number of amides is 5. The van der Waals surface area contributed by atoms with Crippen LogP contribution in [-0.2, 0) is 44.6 Å². The van der Waals surface area contributed by atoms with Crippen LogP contribution in [0.1, 0.15) is 25.6 Å². The van der Waals surface area contributed by atoms with Gasteiger partial charge in [-0.1, -0.05) is 30.3 Å². The number of halogens is 1. The minimum atomic E-state index is -1.90. The second kappa shape index (κ2) is 20.6. The number of alkyl carbamates (subject to hydrolysis) is 1. The molecule has 1 unspecified atom stereocenters. The number of H-pyrrole nitrogens is 1. The molecule has 7 N–H and O–H groups in total. The van der Waals surface area contributed by atoms with Crippen molar-refractivity contribution in [3.63, 3.8) is 0 Å². The summed E-state index contributed by atoms with van der Waals surface area (Å²) in [5.41, 5.74) is -1.92. The molecule has 0 aliphatic heterocycles. The average Bonchev–Trinajstić information content (AvgIpc) is 3.07. The number of aromatic nitrogens is 2. The van der Waals surface area contributed by atoms with Crippen LogP contribution < -0.4 is 37.8 Å². The van der Waals surface area contributed by atoms with E-state index in [1.807, 2.05) is 0 Å². The third kappa shape index (κ3) is 13.9. The van der Waals surface area contributed by atoms with Gasteiger partial charge in [0.15, 0.2) is 0 Å². The molecular formula is C29H38FN7O12. The molecule has 20 heteroatoms. The largest absolute Gasteiger partial charge is 0.463 e. The van der Waals surface area contributed by atoms with E-state index in [0.717, 1.165) is 0 Å². The van der Waals surface area contributed by atoms with Gasteiger partial charge in [0.05, 0.1) is 39.2 Å². The van der Waals surface area contributed by atoms with Crippen LogP contribution >= 0.6 is 0 Å². The summed E-state index contributed by atoms with van der Waals surface area (Å²) in [5.74, 6) is -6.01. The summed E-state index contributed by atoms with van der Waals surface area (Å²) in [7, 11) is 0. The number of carbonyl (C=O) groups is 6. The van der Waals surface area contributed by atoms with Gasteiger partial charge in [0.2, 0.25) is 35.6 Å². The number of nitrogens with zero attached hydrogens (tertiary/aromatic N) is 1. The first kappa shape index (κ1) is 39.5. The number of aliphatic hydroxyl groups excluding tert-OH is 1. The van der Waals surface area contributed by atoms with E-state index in [2.05, 4.69) is 26.6 Å². The molecule has 3 atom stereocenters. The van der Waals surface area contributed by atoms with Gasteiger partial charge in [-0.2, -0.15) is 4.39 Å². The molecule has 0 saturated carbocycles. The van der Waals surface area contributed by atoms with Crippen molar-refractivity contribution in [3.05, 3.63) is 68.7 Å². The zero-order valence-corrected chi connectivity index (χ0v) is 26.6. The van der Waals surface area contributed by atoms with Crippen LogP contribution in [0, 0.1) is 5.82 Å². The third-order valence-corrected chi connectivity index (χ3v) is 6.21. The van der Waals surface area contributed by atoms with Crippen molar-refractivity contribution in [1.82, 2.24) is 36.1 Å². The van der Waals surface area contributed by atoms with E-state index in [4.69, 9.17) is 19.3 Å². The molecule has 49 heavy (non-hydrogen) atoms. The Labute approximate surface area is 277 Å². The van der Waals surface area contributed by atoms with E-state index in [0.29, 0.717) is 16.3 Å². The quantitative estimate of drug-likeness (QED) is 0.0571. The molecule has 19 nitrogen and oxygen atoms in total. The van der Waals surface area contributed by atoms with Crippen LogP contribution in [0.2, 0.25) is 0 Å². The highest BCUT2D eigenvalue weighted by atomic mass is 19.1. The molecule has 0 aliphatic rings. The van der Waals surface area contributed by atoms with Gasteiger partial charge in [-0.25, -0.2) is 14.4 Å². The fraction of sp³-hybridized carbons (Fsp3) is 0.448. The van der Waals surface area contributed by atoms with Crippen molar-refractivity contribution < 1.29 is 52.5 Å². The number of aliphatic hydroxyl groups is 1. The van der Waals surface area contributed by atoms with Crippen LogP contribution in [0.25, 0.3) is 0 Å². The molecule has 0 radical (unpaired) electrons. The molecule has 2 aromatic rings. The molecule has 0 spiro atoms. The van der Waals surface area contributed by atoms with Gasteiger partial charge in [-0.3, -0.25) is 33.5 Å². The highest BCUT2D eigenvalue weighted by Crippen LogP contribution is 2.05. The minimum absolute atomic E-state index is 0.00175. The summed E-state index contributed by atoms with van der Waals surface area (Å²) in [6, 6.07) is 6.12. The number of hydrogen-bond donors (Lipinski definition) is 7. The Morgan fingerprint density at radius 3 is 2.24 bits per heavy atom. The molecule has 268 valence electrons. The Morgan fingerprint density at radius 2 is 1.57 bits per heavy atom. The van der Waals surface area contributed by atoms with E-state index in [9.17, 15) is 42.7 Å².